The van der Waals surface area contributed by atoms with Crippen LogP contribution in [0.3, 0.4) is 0 Å². The number of anilines is 1. The lowest BCUT2D eigenvalue weighted by atomic mass is 9.87. The molecule has 3 nitrogen and oxygen atoms in total. The van der Waals surface area contributed by atoms with Gasteiger partial charge in [-0.3, -0.25) is 4.79 Å². The van der Waals surface area contributed by atoms with Crippen molar-refractivity contribution in [2.45, 2.75) is 5.92 Å². The molecule has 2 aliphatic rings. The molecule has 0 saturated heterocycles. The number of ketones is 1. The molecule has 1 aliphatic heterocycles. The molecule has 2 N–H and O–H groups in total. The van der Waals surface area contributed by atoms with Gasteiger partial charge >= 0.3 is 0 Å². The van der Waals surface area contributed by atoms with Crippen LogP contribution in [-0.4, -0.2) is 5.78 Å². The van der Waals surface area contributed by atoms with E-state index in [1.807, 2.05) is 18.2 Å². The quantitative estimate of drug-likeness (QED) is 0.760. The van der Waals surface area contributed by atoms with Gasteiger partial charge in [0.1, 0.15) is 17.3 Å². The van der Waals surface area contributed by atoms with Crippen molar-refractivity contribution >= 4 is 22.4 Å². The summed E-state index contributed by atoms with van der Waals surface area (Å²) in [6.07, 6.45) is 5.40. The van der Waals surface area contributed by atoms with E-state index in [0.717, 1.165) is 28.0 Å². The van der Waals surface area contributed by atoms with E-state index in [-0.39, 0.29) is 11.7 Å². The number of hydrogen-bond donors (Lipinski definition) is 1. The third-order valence-corrected chi connectivity index (χ3v) is 3.52. The van der Waals surface area contributed by atoms with E-state index >= 15 is 0 Å². The Morgan fingerprint density at radius 1 is 1.22 bits per heavy atom. The van der Waals surface area contributed by atoms with Gasteiger partial charge in [-0.25, -0.2) is 10.3 Å². The number of carbonyl (C=O) groups excluding carboxylic acids is 1. The molecule has 4 rings (SSSR count). The number of nitrogens with one attached hydrogen (secondary N) is 2. The average molecular weight is 235 g/mol. The van der Waals surface area contributed by atoms with E-state index in [0.29, 0.717) is 0 Å². The number of fused-ring (bicyclic) bond motifs is 6. The second kappa shape index (κ2) is 3.29. The Balaban J connectivity index is 2.07. The Bertz CT molecular complexity index is 743. The van der Waals surface area contributed by atoms with Crippen LogP contribution in [0.1, 0.15) is 11.6 Å². The molecular formula is C15H11N2O+. The van der Waals surface area contributed by atoms with Crippen LogP contribution in [0.5, 0.6) is 0 Å². The van der Waals surface area contributed by atoms with Gasteiger partial charge in [0, 0.05) is 11.5 Å². The Morgan fingerprint density at radius 2 is 2.11 bits per heavy atom. The second-order valence-corrected chi connectivity index (χ2v) is 4.63. The van der Waals surface area contributed by atoms with Gasteiger partial charge in [-0.15, -0.1) is 0 Å². The van der Waals surface area contributed by atoms with Crippen molar-refractivity contribution in [2.75, 3.05) is 5.32 Å². The first-order chi connectivity index (χ1) is 8.83. The third-order valence-electron chi connectivity index (χ3n) is 3.52. The first kappa shape index (κ1) is 9.59. The topological polar surface area (TPSA) is 43.2 Å². The van der Waals surface area contributed by atoms with Crippen molar-refractivity contribution in [1.82, 2.24) is 0 Å². The van der Waals surface area contributed by atoms with Crippen LogP contribution in [0.25, 0.3) is 10.8 Å². The largest absolute Gasteiger partial charge is 0.293 e. The highest BCUT2D eigenvalue weighted by Gasteiger charge is 2.36. The maximum atomic E-state index is 12.1. The molecule has 0 radical (unpaired) electrons. The van der Waals surface area contributed by atoms with Gasteiger partial charge in [-0.2, -0.15) is 0 Å². The van der Waals surface area contributed by atoms with Crippen molar-refractivity contribution in [3.63, 3.8) is 0 Å². The van der Waals surface area contributed by atoms with Crippen LogP contribution in [-0.2, 0) is 4.79 Å². The van der Waals surface area contributed by atoms with Gasteiger partial charge in [-0.1, -0.05) is 30.3 Å². The number of aromatic amines is 1. The van der Waals surface area contributed by atoms with Crippen LogP contribution in [0, 0.1) is 0 Å². The zero-order chi connectivity index (χ0) is 12.1. The number of carbonyl (C=O) groups is 1. The lowest BCUT2D eigenvalue weighted by Gasteiger charge is -2.22. The monoisotopic (exact) mass is 235 g/mol. The molecule has 1 aromatic carbocycles. The second-order valence-electron chi connectivity index (χ2n) is 4.63. The summed E-state index contributed by atoms with van der Waals surface area (Å²) in [4.78, 5) is 15.4. The van der Waals surface area contributed by atoms with Crippen LogP contribution >= 0.6 is 0 Å². The average Bonchev–Trinajstić information content (AvgIpc) is 2.38. The Hall–Kier alpha value is -2.42. The van der Waals surface area contributed by atoms with Crippen LogP contribution < -0.4 is 10.3 Å². The number of rotatable bonds is 0. The summed E-state index contributed by atoms with van der Waals surface area (Å²) >= 11 is 0. The first-order valence-corrected chi connectivity index (χ1v) is 5.97. The van der Waals surface area contributed by atoms with E-state index in [4.69, 9.17) is 0 Å². The molecule has 18 heavy (non-hydrogen) atoms. The molecule has 1 unspecified atom stereocenters. The Labute approximate surface area is 104 Å². The highest BCUT2D eigenvalue weighted by molar-refractivity contribution is 6.03. The summed E-state index contributed by atoms with van der Waals surface area (Å²) < 4.78 is 0. The molecule has 2 aromatic rings. The van der Waals surface area contributed by atoms with E-state index < -0.39 is 0 Å². The van der Waals surface area contributed by atoms with E-state index in [1.165, 1.54) is 0 Å². The van der Waals surface area contributed by atoms with Crippen molar-refractivity contribution in [1.29, 1.82) is 0 Å². The fraction of sp³-hybridized carbons (Fsp3) is 0.0667. The van der Waals surface area contributed by atoms with Crippen LogP contribution in [0.15, 0.2) is 54.3 Å². The van der Waals surface area contributed by atoms with Crippen molar-refractivity contribution in [3.8, 4) is 0 Å². The van der Waals surface area contributed by atoms with Gasteiger partial charge < -0.3 is 0 Å². The molecule has 0 amide bonds. The molecule has 3 heteroatoms. The van der Waals surface area contributed by atoms with Crippen LogP contribution in [0.2, 0.25) is 0 Å². The number of aromatic nitrogens is 1. The minimum atomic E-state index is -0.214. The maximum Gasteiger partial charge on any atom is 0.277 e. The standard InChI is InChI=1S/C15H10N2O/c18-12-7-3-6-11-14(12)15-10-5-2-1-4-9(10)8-13(16-11)17-15/h1-8,14H,(H,16,17)/p+1. The predicted octanol–water partition coefficient (Wildman–Crippen LogP) is 2.19. The third kappa shape index (κ3) is 1.19. The van der Waals surface area contributed by atoms with E-state index in [2.05, 4.69) is 28.5 Å². The Kier molecular flexibility index (Phi) is 1.75. The number of pyridine rings is 1. The zero-order valence-corrected chi connectivity index (χ0v) is 9.60. The van der Waals surface area contributed by atoms with Gasteiger partial charge in [-0.05, 0) is 17.5 Å². The van der Waals surface area contributed by atoms with Crippen molar-refractivity contribution < 1.29 is 9.78 Å². The lowest BCUT2D eigenvalue weighted by Crippen LogP contribution is -2.34. The summed E-state index contributed by atoms with van der Waals surface area (Å²) in [6, 6.07) is 10.2. The van der Waals surface area contributed by atoms with Crippen molar-refractivity contribution in [2.24, 2.45) is 0 Å². The van der Waals surface area contributed by atoms with E-state index in [1.54, 1.807) is 12.2 Å². The van der Waals surface area contributed by atoms with Gasteiger partial charge in [0.25, 0.3) is 5.82 Å². The molecule has 2 bridgehead atoms. The summed E-state index contributed by atoms with van der Waals surface area (Å²) in [6.45, 7) is 0. The zero-order valence-electron chi connectivity index (χ0n) is 9.60. The molecular weight excluding hydrogens is 224 g/mol. The van der Waals surface area contributed by atoms with E-state index in [9.17, 15) is 4.79 Å². The summed E-state index contributed by atoms with van der Waals surface area (Å²) in [5.74, 6) is 0.848. The SMILES string of the molecule is O=C1C=CC=C2Nc3cc4ccccc4c([nH+]3)C12. The molecule has 1 atom stereocenters. The predicted molar refractivity (Wildman–Crippen MR) is 69.1 cm³/mol. The number of benzene rings is 1. The fourth-order valence-corrected chi connectivity index (χ4v) is 2.73. The highest BCUT2D eigenvalue weighted by atomic mass is 16.1. The molecule has 2 heterocycles. The Morgan fingerprint density at radius 3 is 3.06 bits per heavy atom. The lowest BCUT2D eigenvalue weighted by molar-refractivity contribution is -0.375. The molecule has 0 spiro atoms. The van der Waals surface area contributed by atoms with Crippen molar-refractivity contribution in [3.05, 3.63) is 60.0 Å². The summed E-state index contributed by atoms with van der Waals surface area (Å²) in [5.41, 5.74) is 1.94. The van der Waals surface area contributed by atoms with Gasteiger partial charge in [0.15, 0.2) is 5.78 Å². The van der Waals surface area contributed by atoms with Gasteiger partial charge in [0.2, 0.25) is 0 Å². The number of H-pyrrole nitrogens is 1. The molecule has 1 aliphatic carbocycles. The minimum Gasteiger partial charge on any atom is -0.293 e. The highest BCUT2D eigenvalue weighted by Crippen LogP contribution is 2.35. The minimum absolute atomic E-state index is 0.123. The number of allylic oxidation sites excluding steroid dienone is 4. The summed E-state index contributed by atoms with van der Waals surface area (Å²) in [5, 5.41) is 5.54. The molecule has 1 aromatic heterocycles. The van der Waals surface area contributed by atoms with Crippen LogP contribution in [0.4, 0.5) is 5.82 Å². The number of hydrogen-bond acceptors (Lipinski definition) is 2. The molecule has 86 valence electrons. The fourth-order valence-electron chi connectivity index (χ4n) is 2.73. The molecule has 0 saturated carbocycles. The maximum absolute atomic E-state index is 12.1. The van der Waals surface area contributed by atoms with Gasteiger partial charge in [0.05, 0.1) is 0 Å². The molecule has 0 fully saturated rings. The first-order valence-electron chi connectivity index (χ1n) is 5.97. The smallest absolute Gasteiger partial charge is 0.277 e. The summed E-state index contributed by atoms with van der Waals surface area (Å²) in [7, 11) is 0. The normalized spacial score (nSPS) is 20.3.